The van der Waals surface area contributed by atoms with Crippen molar-refractivity contribution in [2.75, 3.05) is 26.2 Å². The van der Waals surface area contributed by atoms with E-state index in [4.69, 9.17) is 4.98 Å². The quantitative estimate of drug-likeness (QED) is 0.919. The summed E-state index contributed by atoms with van der Waals surface area (Å²) in [6.45, 7) is 8.79. The third kappa shape index (κ3) is 3.06. The first-order valence-electron chi connectivity index (χ1n) is 9.42. The van der Waals surface area contributed by atoms with Gasteiger partial charge in [-0.2, -0.15) is 0 Å². The molecule has 1 aromatic heterocycles. The lowest BCUT2D eigenvalue weighted by atomic mass is 10.1. The standard InChI is InChI=1S/C18H30N4O/c1-14-16(22-8-3-2-7-18(22)19-14)13-20-9-11-21(12-10-20)15-5-4-6-17(15)23/h15,17,23H,2-13H2,1H3/t15-,17-/m1/s1. The number of aliphatic hydroxyl groups excluding tert-OH is 1. The average molecular weight is 318 g/mol. The number of piperazine rings is 1. The predicted octanol–water partition coefficient (Wildman–Crippen LogP) is 1.56. The Balaban J connectivity index is 1.37. The Morgan fingerprint density at radius 2 is 1.87 bits per heavy atom. The molecule has 2 aliphatic heterocycles. The zero-order chi connectivity index (χ0) is 15.8. The van der Waals surface area contributed by atoms with E-state index in [1.54, 1.807) is 0 Å². The Morgan fingerprint density at radius 1 is 1.04 bits per heavy atom. The van der Waals surface area contributed by atoms with Gasteiger partial charge in [0.1, 0.15) is 5.82 Å². The van der Waals surface area contributed by atoms with Crippen molar-refractivity contribution < 1.29 is 5.11 Å². The second-order valence-electron chi connectivity index (χ2n) is 7.55. The maximum absolute atomic E-state index is 10.1. The largest absolute Gasteiger partial charge is 0.391 e. The molecule has 0 spiro atoms. The van der Waals surface area contributed by atoms with Gasteiger partial charge in [0.2, 0.25) is 0 Å². The van der Waals surface area contributed by atoms with E-state index >= 15 is 0 Å². The van der Waals surface area contributed by atoms with E-state index in [0.717, 1.165) is 52.1 Å². The number of hydrogen-bond acceptors (Lipinski definition) is 4. The lowest BCUT2D eigenvalue weighted by Gasteiger charge is -2.39. The Kier molecular flexibility index (Phi) is 4.43. The molecule has 0 radical (unpaired) electrons. The maximum atomic E-state index is 10.1. The second-order valence-corrected chi connectivity index (χ2v) is 7.55. The molecule has 0 bridgehead atoms. The van der Waals surface area contributed by atoms with Gasteiger partial charge >= 0.3 is 0 Å². The van der Waals surface area contributed by atoms with E-state index in [9.17, 15) is 5.11 Å². The molecule has 1 aliphatic carbocycles. The average Bonchev–Trinajstić information content (AvgIpc) is 3.12. The van der Waals surface area contributed by atoms with Gasteiger partial charge in [-0.05, 0) is 39.0 Å². The highest BCUT2D eigenvalue weighted by Gasteiger charge is 2.32. The van der Waals surface area contributed by atoms with Crippen LogP contribution in [0.1, 0.15) is 49.3 Å². The second kappa shape index (κ2) is 6.54. The van der Waals surface area contributed by atoms with E-state index in [1.165, 1.54) is 42.9 Å². The van der Waals surface area contributed by atoms with E-state index in [1.807, 2.05) is 0 Å². The topological polar surface area (TPSA) is 44.5 Å². The van der Waals surface area contributed by atoms with E-state index in [2.05, 4.69) is 21.3 Å². The molecule has 5 nitrogen and oxygen atoms in total. The van der Waals surface area contributed by atoms with Gasteiger partial charge in [0.05, 0.1) is 17.5 Å². The fraction of sp³-hybridized carbons (Fsp3) is 0.833. The Bertz CT molecular complexity index is 547. The maximum Gasteiger partial charge on any atom is 0.109 e. The lowest BCUT2D eigenvalue weighted by Crippen LogP contribution is -2.52. The number of aryl methyl sites for hydroxylation is 2. The number of fused-ring (bicyclic) bond motifs is 1. The number of aliphatic hydroxyl groups is 1. The van der Waals surface area contributed by atoms with E-state index in [-0.39, 0.29) is 6.10 Å². The van der Waals surface area contributed by atoms with Crippen molar-refractivity contribution in [3.8, 4) is 0 Å². The van der Waals surface area contributed by atoms with Crippen LogP contribution in [-0.2, 0) is 19.5 Å². The molecule has 3 heterocycles. The molecule has 1 saturated carbocycles. The van der Waals surface area contributed by atoms with Gasteiger partial charge in [0.25, 0.3) is 0 Å². The first-order valence-corrected chi connectivity index (χ1v) is 9.42. The molecule has 23 heavy (non-hydrogen) atoms. The van der Waals surface area contributed by atoms with Gasteiger partial charge in [0, 0.05) is 51.7 Å². The highest BCUT2D eigenvalue weighted by molar-refractivity contribution is 5.17. The summed E-state index contributed by atoms with van der Waals surface area (Å²) < 4.78 is 2.48. The van der Waals surface area contributed by atoms with Crippen LogP contribution in [-0.4, -0.2) is 62.8 Å². The van der Waals surface area contributed by atoms with Gasteiger partial charge < -0.3 is 9.67 Å². The zero-order valence-corrected chi connectivity index (χ0v) is 14.4. The normalized spacial score (nSPS) is 29.8. The van der Waals surface area contributed by atoms with Crippen LogP contribution in [0.25, 0.3) is 0 Å². The Labute approximate surface area is 139 Å². The van der Waals surface area contributed by atoms with Gasteiger partial charge in [0.15, 0.2) is 0 Å². The zero-order valence-electron chi connectivity index (χ0n) is 14.4. The lowest BCUT2D eigenvalue weighted by molar-refractivity contribution is 0.0329. The van der Waals surface area contributed by atoms with Crippen molar-refractivity contribution in [1.82, 2.24) is 19.4 Å². The van der Waals surface area contributed by atoms with Crippen molar-refractivity contribution in [3.63, 3.8) is 0 Å². The summed E-state index contributed by atoms with van der Waals surface area (Å²) in [6, 6.07) is 0.418. The smallest absolute Gasteiger partial charge is 0.109 e. The van der Waals surface area contributed by atoms with Crippen LogP contribution < -0.4 is 0 Å². The molecule has 0 aromatic carbocycles. The summed E-state index contributed by atoms with van der Waals surface area (Å²) in [6.07, 6.45) is 7.00. The molecule has 1 N–H and O–H groups in total. The van der Waals surface area contributed by atoms with Crippen molar-refractivity contribution in [2.24, 2.45) is 0 Å². The molecule has 3 aliphatic rings. The molecule has 4 rings (SSSR count). The molecule has 5 heteroatoms. The molecule has 128 valence electrons. The van der Waals surface area contributed by atoms with Crippen molar-refractivity contribution in [1.29, 1.82) is 0 Å². The predicted molar refractivity (Wildman–Crippen MR) is 90.4 cm³/mol. The Morgan fingerprint density at radius 3 is 2.61 bits per heavy atom. The van der Waals surface area contributed by atoms with Crippen LogP contribution in [0.5, 0.6) is 0 Å². The molecule has 1 aromatic rings. The molecule has 0 amide bonds. The summed E-state index contributed by atoms with van der Waals surface area (Å²) in [5, 5.41) is 10.1. The summed E-state index contributed by atoms with van der Waals surface area (Å²) in [4.78, 5) is 9.89. The van der Waals surface area contributed by atoms with Crippen LogP contribution in [0.3, 0.4) is 0 Å². The van der Waals surface area contributed by atoms with Crippen LogP contribution in [0.15, 0.2) is 0 Å². The number of rotatable bonds is 3. The Hall–Kier alpha value is -0.910. The van der Waals surface area contributed by atoms with Crippen LogP contribution in [0.2, 0.25) is 0 Å². The number of nitrogens with zero attached hydrogens (tertiary/aromatic N) is 4. The van der Waals surface area contributed by atoms with Crippen LogP contribution >= 0.6 is 0 Å². The van der Waals surface area contributed by atoms with Gasteiger partial charge in [-0.25, -0.2) is 4.98 Å². The van der Waals surface area contributed by atoms with Crippen molar-refractivity contribution >= 4 is 0 Å². The monoisotopic (exact) mass is 318 g/mol. The highest BCUT2D eigenvalue weighted by Crippen LogP contribution is 2.26. The van der Waals surface area contributed by atoms with E-state index < -0.39 is 0 Å². The van der Waals surface area contributed by atoms with Crippen molar-refractivity contribution in [3.05, 3.63) is 17.2 Å². The molecular weight excluding hydrogens is 288 g/mol. The van der Waals surface area contributed by atoms with E-state index in [0.29, 0.717) is 6.04 Å². The third-order valence-electron chi connectivity index (χ3n) is 6.08. The fourth-order valence-corrected chi connectivity index (χ4v) is 4.69. The summed E-state index contributed by atoms with van der Waals surface area (Å²) in [7, 11) is 0. The molecule has 1 saturated heterocycles. The summed E-state index contributed by atoms with van der Waals surface area (Å²) >= 11 is 0. The fourth-order valence-electron chi connectivity index (χ4n) is 4.69. The van der Waals surface area contributed by atoms with Gasteiger partial charge in [-0.1, -0.05) is 0 Å². The van der Waals surface area contributed by atoms with Crippen LogP contribution in [0, 0.1) is 6.92 Å². The first-order chi connectivity index (χ1) is 11.2. The molecule has 2 fully saturated rings. The summed E-state index contributed by atoms with van der Waals surface area (Å²) in [5.41, 5.74) is 2.67. The number of aromatic nitrogens is 2. The highest BCUT2D eigenvalue weighted by atomic mass is 16.3. The number of hydrogen-bond donors (Lipinski definition) is 1. The van der Waals surface area contributed by atoms with Gasteiger partial charge in [-0.15, -0.1) is 0 Å². The van der Waals surface area contributed by atoms with Crippen LogP contribution in [0.4, 0.5) is 0 Å². The van der Waals surface area contributed by atoms with Gasteiger partial charge in [-0.3, -0.25) is 9.80 Å². The first kappa shape index (κ1) is 15.6. The molecule has 0 unspecified atom stereocenters. The minimum Gasteiger partial charge on any atom is -0.391 e. The SMILES string of the molecule is Cc1nc2n(c1CN1CCN([C@@H]3CCC[C@H]3O)CC1)CCCC2. The number of imidazole rings is 1. The molecular formula is C18H30N4O. The summed E-state index contributed by atoms with van der Waals surface area (Å²) in [5.74, 6) is 1.30. The third-order valence-corrected chi connectivity index (χ3v) is 6.08. The minimum atomic E-state index is -0.0920. The minimum absolute atomic E-state index is 0.0920. The molecule has 2 atom stereocenters. The van der Waals surface area contributed by atoms with Crippen molar-refractivity contribution in [2.45, 2.75) is 70.7 Å².